The van der Waals surface area contributed by atoms with Crippen molar-refractivity contribution in [1.82, 2.24) is 14.9 Å². The summed E-state index contributed by atoms with van der Waals surface area (Å²) in [5.74, 6) is 1.98. The van der Waals surface area contributed by atoms with Gasteiger partial charge in [-0.15, -0.1) is 6.42 Å². The van der Waals surface area contributed by atoms with E-state index in [9.17, 15) is 9.59 Å². The van der Waals surface area contributed by atoms with E-state index in [0.717, 1.165) is 4.47 Å². The third-order valence-electron chi connectivity index (χ3n) is 2.22. The van der Waals surface area contributed by atoms with Crippen LogP contribution in [0, 0.1) is 26.2 Å². The minimum Gasteiger partial charge on any atom is -0.344 e. The minimum atomic E-state index is -0.445. The normalized spacial score (nSPS) is 9.76. The Morgan fingerprint density at radius 2 is 2.24 bits per heavy atom. The first-order valence-corrected chi connectivity index (χ1v) is 5.70. The fourth-order valence-electron chi connectivity index (χ4n) is 1.31. The fourth-order valence-corrected chi connectivity index (χ4v) is 1.61. The number of carbonyl (C=O) groups is 1. The van der Waals surface area contributed by atoms with Crippen LogP contribution in [0.4, 0.5) is 0 Å². The maximum absolute atomic E-state index is 11.6. The van der Waals surface area contributed by atoms with Crippen molar-refractivity contribution in [3.8, 4) is 12.3 Å². The monoisotopic (exact) mass is 297 g/mol. The SMILES string of the molecule is C#CCNC(=O)Cn1c(C)c(Br)c(C)nc1=O. The molecule has 0 spiro atoms. The quantitative estimate of drug-likeness (QED) is 0.820. The van der Waals surface area contributed by atoms with Gasteiger partial charge >= 0.3 is 5.69 Å². The molecule has 1 N–H and O–H groups in total. The molecule has 0 unspecified atom stereocenters. The minimum absolute atomic E-state index is 0.0851. The van der Waals surface area contributed by atoms with Gasteiger partial charge in [0.1, 0.15) is 6.54 Å². The molecule has 1 rings (SSSR count). The van der Waals surface area contributed by atoms with Crippen molar-refractivity contribution in [1.29, 1.82) is 0 Å². The number of terminal acetylenes is 1. The van der Waals surface area contributed by atoms with Gasteiger partial charge in [-0.2, -0.15) is 4.98 Å². The summed E-state index contributed by atoms with van der Waals surface area (Å²) >= 11 is 3.32. The van der Waals surface area contributed by atoms with Crippen molar-refractivity contribution in [2.45, 2.75) is 20.4 Å². The highest BCUT2D eigenvalue weighted by Gasteiger charge is 2.11. The molecule has 5 nitrogen and oxygen atoms in total. The molecule has 0 aliphatic rings. The Balaban J connectivity index is 3.00. The van der Waals surface area contributed by atoms with Crippen LogP contribution in [0.1, 0.15) is 11.4 Å². The average Bonchev–Trinajstić information content (AvgIpc) is 2.29. The van der Waals surface area contributed by atoms with Crippen LogP contribution in [0.2, 0.25) is 0 Å². The number of hydrogen-bond acceptors (Lipinski definition) is 3. The number of amides is 1. The smallest absolute Gasteiger partial charge is 0.344 e. The zero-order valence-electron chi connectivity index (χ0n) is 9.58. The molecule has 6 heteroatoms. The summed E-state index contributed by atoms with van der Waals surface area (Å²) in [6.45, 7) is 3.53. The number of halogens is 1. The molecular formula is C11H12BrN3O2. The Kier molecular flexibility index (Phi) is 4.46. The van der Waals surface area contributed by atoms with Gasteiger partial charge in [0.05, 0.1) is 16.7 Å². The number of rotatable bonds is 3. The summed E-state index contributed by atoms with van der Waals surface area (Å²) in [5, 5.41) is 2.49. The second kappa shape index (κ2) is 5.64. The third kappa shape index (κ3) is 3.17. The zero-order valence-corrected chi connectivity index (χ0v) is 11.2. The van der Waals surface area contributed by atoms with Crippen LogP contribution in [-0.2, 0) is 11.3 Å². The molecule has 0 aromatic carbocycles. The van der Waals surface area contributed by atoms with Crippen molar-refractivity contribution in [3.05, 3.63) is 26.3 Å². The fraction of sp³-hybridized carbons (Fsp3) is 0.364. The van der Waals surface area contributed by atoms with Crippen LogP contribution in [0.5, 0.6) is 0 Å². The first kappa shape index (κ1) is 13.5. The Morgan fingerprint density at radius 1 is 1.59 bits per heavy atom. The van der Waals surface area contributed by atoms with Gasteiger partial charge in [0.25, 0.3) is 0 Å². The third-order valence-corrected chi connectivity index (χ3v) is 3.37. The standard InChI is InChI=1S/C11H12BrN3O2/c1-4-5-13-9(16)6-15-8(3)10(12)7(2)14-11(15)17/h1H,5-6H2,2-3H3,(H,13,16). The van der Waals surface area contributed by atoms with E-state index in [1.807, 2.05) is 0 Å². The van der Waals surface area contributed by atoms with Gasteiger partial charge in [-0.1, -0.05) is 5.92 Å². The van der Waals surface area contributed by atoms with E-state index < -0.39 is 5.69 Å². The largest absolute Gasteiger partial charge is 0.348 e. The van der Waals surface area contributed by atoms with Gasteiger partial charge in [-0.05, 0) is 29.8 Å². The maximum Gasteiger partial charge on any atom is 0.348 e. The molecule has 0 saturated heterocycles. The Hall–Kier alpha value is -1.61. The van der Waals surface area contributed by atoms with Gasteiger partial charge in [-0.25, -0.2) is 4.79 Å². The highest BCUT2D eigenvalue weighted by atomic mass is 79.9. The van der Waals surface area contributed by atoms with Crippen LogP contribution >= 0.6 is 15.9 Å². The molecule has 0 fully saturated rings. The highest BCUT2D eigenvalue weighted by molar-refractivity contribution is 9.10. The zero-order chi connectivity index (χ0) is 13.0. The number of nitrogens with one attached hydrogen (secondary N) is 1. The Bertz CT molecular complexity index is 543. The van der Waals surface area contributed by atoms with Crippen LogP contribution in [0.25, 0.3) is 0 Å². The summed E-state index contributed by atoms with van der Waals surface area (Å²) in [7, 11) is 0. The number of aryl methyl sites for hydroxylation is 1. The van der Waals surface area contributed by atoms with E-state index in [0.29, 0.717) is 11.4 Å². The van der Waals surface area contributed by atoms with Crippen molar-refractivity contribution >= 4 is 21.8 Å². The number of carbonyl (C=O) groups excluding carboxylic acids is 1. The molecule has 0 atom stereocenters. The summed E-state index contributed by atoms with van der Waals surface area (Å²) in [4.78, 5) is 26.9. The first-order chi connectivity index (χ1) is 7.97. The number of aromatic nitrogens is 2. The molecule has 1 heterocycles. The van der Waals surface area contributed by atoms with Crippen molar-refractivity contribution < 1.29 is 4.79 Å². The van der Waals surface area contributed by atoms with E-state index in [1.54, 1.807) is 13.8 Å². The Labute approximate surface area is 107 Å². The summed E-state index contributed by atoms with van der Waals surface area (Å²) in [6, 6.07) is 0. The second-order valence-corrected chi connectivity index (χ2v) is 4.24. The molecule has 0 saturated carbocycles. The molecule has 0 aliphatic heterocycles. The van der Waals surface area contributed by atoms with Crippen molar-refractivity contribution in [2.24, 2.45) is 0 Å². The predicted octanol–water partition coefficient (Wildman–Crippen LogP) is 0.372. The predicted molar refractivity (Wildman–Crippen MR) is 67.5 cm³/mol. The molecular weight excluding hydrogens is 286 g/mol. The van der Waals surface area contributed by atoms with Crippen LogP contribution in [0.3, 0.4) is 0 Å². The van der Waals surface area contributed by atoms with Gasteiger partial charge in [0, 0.05) is 5.69 Å². The molecule has 0 radical (unpaired) electrons. The second-order valence-electron chi connectivity index (χ2n) is 3.45. The lowest BCUT2D eigenvalue weighted by atomic mass is 10.3. The molecule has 1 amide bonds. The van der Waals surface area contributed by atoms with Crippen LogP contribution < -0.4 is 11.0 Å². The lowest BCUT2D eigenvalue weighted by Gasteiger charge is -2.11. The van der Waals surface area contributed by atoms with Gasteiger partial charge in [0.2, 0.25) is 5.91 Å². The molecule has 1 aromatic heterocycles. The molecule has 17 heavy (non-hydrogen) atoms. The molecule has 0 bridgehead atoms. The number of hydrogen-bond donors (Lipinski definition) is 1. The lowest BCUT2D eigenvalue weighted by molar-refractivity contribution is -0.121. The van der Waals surface area contributed by atoms with E-state index in [-0.39, 0.29) is 19.0 Å². The van der Waals surface area contributed by atoms with Gasteiger partial charge in [-0.3, -0.25) is 9.36 Å². The summed E-state index contributed by atoms with van der Waals surface area (Å²) in [6.07, 6.45) is 5.02. The molecule has 90 valence electrons. The first-order valence-electron chi connectivity index (χ1n) is 4.91. The van der Waals surface area contributed by atoms with Gasteiger partial charge in [0.15, 0.2) is 0 Å². The van der Waals surface area contributed by atoms with E-state index >= 15 is 0 Å². The molecule has 1 aromatic rings. The van der Waals surface area contributed by atoms with E-state index in [2.05, 4.69) is 32.2 Å². The Morgan fingerprint density at radius 3 is 2.82 bits per heavy atom. The van der Waals surface area contributed by atoms with Crippen molar-refractivity contribution in [2.75, 3.05) is 6.54 Å². The summed E-state index contributed by atoms with van der Waals surface area (Å²) in [5.41, 5.74) is 0.824. The van der Waals surface area contributed by atoms with E-state index in [4.69, 9.17) is 6.42 Å². The van der Waals surface area contributed by atoms with Gasteiger partial charge < -0.3 is 5.32 Å². The highest BCUT2D eigenvalue weighted by Crippen LogP contribution is 2.16. The maximum atomic E-state index is 11.6. The van der Waals surface area contributed by atoms with Crippen LogP contribution in [0.15, 0.2) is 9.27 Å². The topological polar surface area (TPSA) is 64.0 Å². The van der Waals surface area contributed by atoms with Crippen LogP contribution in [-0.4, -0.2) is 22.0 Å². The summed E-state index contributed by atoms with van der Waals surface area (Å²) < 4.78 is 2.02. The van der Waals surface area contributed by atoms with E-state index in [1.165, 1.54) is 4.57 Å². The van der Waals surface area contributed by atoms with Crippen molar-refractivity contribution in [3.63, 3.8) is 0 Å². The average molecular weight is 298 g/mol. The number of nitrogens with zero attached hydrogens (tertiary/aromatic N) is 2. The lowest BCUT2D eigenvalue weighted by Crippen LogP contribution is -2.35. The molecule has 0 aliphatic carbocycles.